The summed E-state index contributed by atoms with van der Waals surface area (Å²) in [5.41, 5.74) is 0.152. The summed E-state index contributed by atoms with van der Waals surface area (Å²) >= 11 is 1.90. The fourth-order valence-electron chi connectivity index (χ4n) is 3.25. The molecule has 1 N–H and O–H groups in total. The van der Waals surface area contributed by atoms with Gasteiger partial charge in [-0.25, -0.2) is 0 Å². The molecule has 1 saturated heterocycles. The number of rotatable bonds is 5. The van der Waals surface area contributed by atoms with Crippen molar-refractivity contribution < 1.29 is 9.84 Å². The summed E-state index contributed by atoms with van der Waals surface area (Å²) in [7, 11) is 0. The van der Waals surface area contributed by atoms with Crippen LogP contribution >= 0.6 is 11.8 Å². The minimum atomic E-state index is -0.118. The molecule has 0 aromatic carbocycles. The van der Waals surface area contributed by atoms with Gasteiger partial charge >= 0.3 is 0 Å². The van der Waals surface area contributed by atoms with Gasteiger partial charge in [-0.3, -0.25) is 0 Å². The van der Waals surface area contributed by atoms with Gasteiger partial charge in [0.1, 0.15) is 0 Å². The lowest BCUT2D eigenvalue weighted by atomic mass is 9.82. The Balaban J connectivity index is 1.79. The summed E-state index contributed by atoms with van der Waals surface area (Å²) in [6, 6.07) is 0. The molecule has 100 valence electrons. The van der Waals surface area contributed by atoms with Gasteiger partial charge in [0.2, 0.25) is 0 Å². The Labute approximate surface area is 110 Å². The van der Waals surface area contributed by atoms with E-state index in [9.17, 15) is 5.11 Å². The van der Waals surface area contributed by atoms with Crippen LogP contribution in [-0.2, 0) is 4.74 Å². The topological polar surface area (TPSA) is 29.5 Å². The first-order valence-electron chi connectivity index (χ1n) is 7.15. The molecular formula is C14H26O2S. The van der Waals surface area contributed by atoms with Gasteiger partial charge < -0.3 is 9.84 Å². The number of aliphatic hydroxyl groups excluding tert-OH is 1. The molecule has 1 saturated carbocycles. The third-order valence-corrected chi connectivity index (χ3v) is 5.50. The largest absolute Gasteiger partial charge is 0.392 e. The maximum atomic E-state index is 10.3. The van der Waals surface area contributed by atoms with Crippen molar-refractivity contribution in [2.24, 2.45) is 5.92 Å². The molecule has 2 nitrogen and oxygen atoms in total. The Morgan fingerprint density at radius 2 is 2.18 bits per heavy atom. The maximum Gasteiger partial charge on any atom is 0.0686 e. The Hall–Kier alpha value is 0.270. The van der Waals surface area contributed by atoms with Gasteiger partial charge in [-0.2, -0.15) is 11.8 Å². The van der Waals surface area contributed by atoms with E-state index in [-0.39, 0.29) is 11.7 Å². The van der Waals surface area contributed by atoms with Crippen molar-refractivity contribution in [2.45, 2.75) is 63.6 Å². The normalized spacial score (nSPS) is 29.6. The third kappa shape index (κ3) is 3.62. The van der Waals surface area contributed by atoms with Crippen molar-refractivity contribution in [2.75, 3.05) is 18.1 Å². The second-order valence-electron chi connectivity index (χ2n) is 5.63. The van der Waals surface area contributed by atoms with E-state index >= 15 is 0 Å². The monoisotopic (exact) mass is 258 g/mol. The van der Waals surface area contributed by atoms with Crippen LogP contribution in [0.15, 0.2) is 0 Å². The molecule has 1 aliphatic carbocycles. The molecule has 0 aromatic rings. The van der Waals surface area contributed by atoms with E-state index in [1.54, 1.807) is 0 Å². The van der Waals surface area contributed by atoms with E-state index in [4.69, 9.17) is 4.74 Å². The van der Waals surface area contributed by atoms with Crippen molar-refractivity contribution >= 4 is 11.8 Å². The number of hydrogen-bond donors (Lipinski definition) is 1. The van der Waals surface area contributed by atoms with Gasteiger partial charge in [0.25, 0.3) is 0 Å². The zero-order chi connectivity index (χ0) is 12.1. The quantitative estimate of drug-likeness (QED) is 0.768. The Morgan fingerprint density at radius 3 is 2.88 bits per heavy atom. The van der Waals surface area contributed by atoms with E-state index in [0.717, 1.165) is 25.2 Å². The molecule has 2 fully saturated rings. The van der Waals surface area contributed by atoms with Crippen LogP contribution in [0.5, 0.6) is 0 Å². The second kappa shape index (κ2) is 6.44. The lowest BCUT2D eigenvalue weighted by molar-refractivity contribution is -0.109. The molecule has 1 spiro atoms. The highest BCUT2D eigenvalue weighted by Gasteiger charge is 2.41. The van der Waals surface area contributed by atoms with E-state index in [1.165, 1.54) is 37.9 Å². The summed E-state index contributed by atoms with van der Waals surface area (Å²) in [5, 5.41) is 10.3. The first-order valence-corrected chi connectivity index (χ1v) is 8.31. The molecular weight excluding hydrogens is 232 g/mol. The first-order chi connectivity index (χ1) is 8.26. The van der Waals surface area contributed by atoms with Crippen LogP contribution in [-0.4, -0.2) is 34.9 Å². The van der Waals surface area contributed by atoms with Crippen LogP contribution in [0.3, 0.4) is 0 Å². The van der Waals surface area contributed by atoms with Crippen molar-refractivity contribution in [1.29, 1.82) is 0 Å². The molecule has 2 unspecified atom stereocenters. The number of thioether (sulfide) groups is 1. The minimum Gasteiger partial charge on any atom is -0.392 e. The van der Waals surface area contributed by atoms with Crippen LogP contribution in [0.4, 0.5) is 0 Å². The van der Waals surface area contributed by atoms with E-state index < -0.39 is 0 Å². The summed E-state index contributed by atoms with van der Waals surface area (Å²) in [5.74, 6) is 2.56. The lowest BCUT2D eigenvalue weighted by Gasteiger charge is -2.40. The van der Waals surface area contributed by atoms with E-state index in [2.05, 4.69) is 6.92 Å². The van der Waals surface area contributed by atoms with Crippen molar-refractivity contribution in [3.63, 3.8) is 0 Å². The van der Waals surface area contributed by atoms with Gasteiger partial charge in [0.15, 0.2) is 0 Å². The lowest BCUT2D eigenvalue weighted by Crippen LogP contribution is -2.41. The Morgan fingerprint density at radius 1 is 1.41 bits per heavy atom. The molecule has 17 heavy (non-hydrogen) atoms. The van der Waals surface area contributed by atoms with E-state index in [0.29, 0.717) is 5.92 Å². The Kier molecular flexibility index (Phi) is 5.19. The van der Waals surface area contributed by atoms with Crippen molar-refractivity contribution in [1.82, 2.24) is 0 Å². The fraction of sp³-hybridized carbons (Fsp3) is 1.00. The predicted molar refractivity (Wildman–Crippen MR) is 73.5 cm³/mol. The van der Waals surface area contributed by atoms with Crippen molar-refractivity contribution in [3.05, 3.63) is 0 Å². The highest BCUT2D eigenvalue weighted by molar-refractivity contribution is 7.99. The molecule has 2 aliphatic rings. The standard InChI is InChI=1S/C14H26O2S/c1-2-9-17-11-13(15)12-5-8-16-14(10-12)6-3-4-7-14/h12-13,15H,2-11H2,1H3. The number of hydrogen-bond acceptors (Lipinski definition) is 3. The molecule has 0 aromatic heterocycles. The van der Waals surface area contributed by atoms with Gasteiger partial charge in [-0.1, -0.05) is 19.8 Å². The fourth-order valence-corrected chi connectivity index (χ4v) is 4.22. The molecule has 2 atom stereocenters. The van der Waals surface area contributed by atoms with Crippen LogP contribution < -0.4 is 0 Å². The van der Waals surface area contributed by atoms with Gasteiger partial charge in [0, 0.05) is 12.4 Å². The summed E-state index contributed by atoms with van der Waals surface area (Å²) in [4.78, 5) is 0. The summed E-state index contributed by atoms with van der Waals surface area (Å²) < 4.78 is 6.01. The molecule has 3 heteroatoms. The van der Waals surface area contributed by atoms with Gasteiger partial charge in [0.05, 0.1) is 11.7 Å². The highest BCUT2D eigenvalue weighted by Crippen LogP contribution is 2.43. The van der Waals surface area contributed by atoms with Crippen LogP contribution in [0, 0.1) is 5.92 Å². The van der Waals surface area contributed by atoms with Crippen molar-refractivity contribution in [3.8, 4) is 0 Å². The predicted octanol–water partition coefficient (Wildman–Crippen LogP) is 3.23. The van der Waals surface area contributed by atoms with Gasteiger partial charge in [-0.15, -0.1) is 0 Å². The number of aliphatic hydroxyl groups is 1. The van der Waals surface area contributed by atoms with E-state index in [1.807, 2.05) is 11.8 Å². The number of ether oxygens (including phenoxy) is 1. The first kappa shape index (κ1) is 13.7. The van der Waals surface area contributed by atoms with Crippen LogP contribution in [0.1, 0.15) is 51.9 Å². The minimum absolute atomic E-state index is 0.118. The molecule has 1 heterocycles. The molecule has 1 aliphatic heterocycles. The average Bonchev–Trinajstić information content (AvgIpc) is 2.77. The molecule has 0 radical (unpaired) electrons. The smallest absolute Gasteiger partial charge is 0.0686 e. The van der Waals surface area contributed by atoms with Crippen LogP contribution in [0.25, 0.3) is 0 Å². The molecule has 0 amide bonds. The second-order valence-corrected chi connectivity index (χ2v) is 6.78. The summed E-state index contributed by atoms with van der Waals surface area (Å²) in [6.45, 7) is 3.06. The Bertz CT molecular complexity index is 226. The molecule has 0 bridgehead atoms. The average molecular weight is 258 g/mol. The third-order valence-electron chi connectivity index (χ3n) is 4.23. The zero-order valence-electron chi connectivity index (χ0n) is 11.0. The SMILES string of the molecule is CCCSCC(O)C1CCOC2(CCCC2)C1. The highest BCUT2D eigenvalue weighted by atomic mass is 32.2. The zero-order valence-corrected chi connectivity index (χ0v) is 11.8. The van der Waals surface area contributed by atoms with Crippen LogP contribution in [0.2, 0.25) is 0 Å². The summed E-state index contributed by atoms with van der Waals surface area (Å²) in [6.07, 6.45) is 8.30. The molecule has 2 rings (SSSR count). The maximum absolute atomic E-state index is 10.3. The van der Waals surface area contributed by atoms with Gasteiger partial charge in [-0.05, 0) is 43.8 Å².